The molecule has 0 saturated carbocycles. The third-order valence-corrected chi connectivity index (χ3v) is 4.92. The highest BCUT2D eigenvalue weighted by molar-refractivity contribution is 14.1. The Morgan fingerprint density at radius 1 is 1.38 bits per heavy atom. The molecule has 0 bridgehead atoms. The van der Waals surface area contributed by atoms with Gasteiger partial charge in [-0.2, -0.15) is 0 Å². The molecule has 1 aromatic rings. The van der Waals surface area contributed by atoms with Crippen molar-refractivity contribution in [1.82, 2.24) is 10.2 Å². The highest BCUT2D eigenvalue weighted by Crippen LogP contribution is 2.19. The fraction of sp³-hybridized carbons (Fsp3) is 0.562. The average Bonchev–Trinajstić information content (AvgIpc) is 2.46. The molecular formula is C16H24BrIN2O. The minimum Gasteiger partial charge on any atom is -0.350 e. The van der Waals surface area contributed by atoms with Crippen molar-refractivity contribution in [3.8, 4) is 0 Å². The van der Waals surface area contributed by atoms with Crippen LogP contribution in [0.3, 0.4) is 0 Å². The van der Waals surface area contributed by atoms with E-state index >= 15 is 0 Å². The normalized spacial score (nSPS) is 12.5. The molecule has 3 nitrogen and oxygen atoms in total. The smallest absolute Gasteiger partial charge is 0.252 e. The molecule has 1 amide bonds. The van der Waals surface area contributed by atoms with E-state index in [4.69, 9.17) is 0 Å². The Balaban J connectivity index is 2.45. The minimum absolute atomic E-state index is 0.00395. The van der Waals surface area contributed by atoms with E-state index in [9.17, 15) is 4.79 Å². The number of nitrogens with one attached hydrogen (secondary N) is 1. The monoisotopic (exact) mass is 466 g/mol. The molecule has 5 heteroatoms. The third-order valence-electron chi connectivity index (χ3n) is 3.56. The minimum atomic E-state index is -0.00395. The summed E-state index contributed by atoms with van der Waals surface area (Å²) >= 11 is 5.66. The zero-order valence-electron chi connectivity index (χ0n) is 13.0. The molecule has 1 aromatic carbocycles. The fourth-order valence-corrected chi connectivity index (χ4v) is 3.12. The lowest BCUT2D eigenvalue weighted by atomic mass is 10.1. The van der Waals surface area contributed by atoms with Gasteiger partial charge < -0.3 is 10.2 Å². The molecule has 1 atom stereocenters. The summed E-state index contributed by atoms with van der Waals surface area (Å²) < 4.78 is 1.91. The van der Waals surface area contributed by atoms with Gasteiger partial charge in [-0.25, -0.2) is 0 Å². The van der Waals surface area contributed by atoms with Crippen LogP contribution >= 0.6 is 38.5 Å². The van der Waals surface area contributed by atoms with Crippen LogP contribution < -0.4 is 5.32 Å². The first kappa shape index (κ1) is 18.9. The SMILES string of the molecule is CCN(CC)CCCC(C)NC(=O)c1cc(I)ccc1Br. The number of carbonyl (C=O) groups excluding carboxylic acids is 1. The van der Waals surface area contributed by atoms with Crippen molar-refractivity contribution in [3.63, 3.8) is 0 Å². The molecule has 1 rings (SSSR count). The van der Waals surface area contributed by atoms with Crippen LogP contribution in [0.1, 0.15) is 44.0 Å². The van der Waals surface area contributed by atoms with Crippen molar-refractivity contribution in [2.45, 2.75) is 39.7 Å². The Kier molecular flexibility index (Phi) is 8.82. The molecule has 0 fully saturated rings. The maximum atomic E-state index is 12.3. The quantitative estimate of drug-likeness (QED) is 0.579. The second-order valence-electron chi connectivity index (χ2n) is 5.17. The summed E-state index contributed by atoms with van der Waals surface area (Å²) in [6.45, 7) is 9.72. The molecule has 0 aliphatic heterocycles. The molecule has 0 aliphatic rings. The van der Waals surface area contributed by atoms with Gasteiger partial charge in [0.2, 0.25) is 0 Å². The van der Waals surface area contributed by atoms with Gasteiger partial charge in [0.1, 0.15) is 0 Å². The lowest BCUT2D eigenvalue weighted by Crippen LogP contribution is -2.34. The molecule has 21 heavy (non-hydrogen) atoms. The van der Waals surface area contributed by atoms with Crippen LogP contribution in [-0.4, -0.2) is 36.5 Å². The molecule has 0 radical (unpaired) electrons. The Bertz CT molecular complexity index is 464. The number of hydrogen-bond donors (Lipinski definition) is 1. The summed E-state index contributed by atoms with van der Waals surface area (Å²) in [5, 5.41) is 3.08. The topological polar surface area (TPSA) is 32.3 Å². The van der Waals surface area contributed by atoms with E-state index in [1.807, 2.05) is 18.2 Å². The highest BCUT2D eigenvalue weighted by Gasteiger charge is 2.13. The summed E-state index contributed by atoms with van der Waals surface area (Å²) in [5.74, 6) is -0.00395. The first-order chi connectivity index (χ1) is 9.97. The van der Waals surface area contributed by atoms with Gasteiger partial charge in [-0.1, -0.05) is 13.8 Å². The molecule has 118 valence electrons. The lowest BCUT2D eigenvalue weighted by molar-refractivity contribution is 0.0936. The van der Waals surface area contributed by atoms with Crippen molar-refractivity contribution < 1.29 is 4.79 Å². The molecule has 0 saturated heterocycles. The number of benzene rings is 1. The van der Waals surface area contributed by atoms with E-state index in [1.54, 1.807) is 0 Å². The first-order valence-corrected chi connectivity index (χ1v) is 9.33. The number of amides is 1. The second-order valence-corrected chi connectivity index (χ2v) is 7.27. The van der Waals surface area contributed by atoms with Crippen LogP contribution in [0.15, 0.2) is 22.7 Å². The van der Waals surface area contributed by atoms with E-state index in [2.05, 4.69) is 69.5 Å². The molecule has 0 heterocycles. The summed E-state index contributed by atoms with van der Waals surface area (Å²) in [6, 6.07) is 6.00. The standard InChI is InChI=1S/C16H24BrIN2O/c1-4-20(5-2)10-6-7-12(3)19-16(21)14-11-13(18)8-9-15(14)17/h8-9,11-12H,4-7,10H2,1-3H3,(H,19,21). The van der Waals surface area contributed by atoms with E-state index in [-0.39, 0.29) is 11.9 Å². The van der Waals surface area contributed by atoms with Gasteiger partial charge in [0.05, 0.1) is 5.56 Å². The Labute approximate surface area is 150 Å². The van der Waals surface area contributed by atoms with Gasteiger partial charge in [-0.05, 0) is 96.1 Å². The van der Waals surface area contributed by atoms with Crippen molar-refractivity contribution in [3.05, 3.63) is 31.8 Å². The van der Waals surface area contributed by atoms with Crippen LogP contribution in [0.5, 0.6) is 0 Å². The van der Waals surface area contributed by atoms with E-state index in [1.165, 1.54) is 0 Å². The molecule has 1 unspecified atom stereocenters. The fourth-order valence-electron chi connectivity index (χ4n) is 2.21. The average molecular weight is 467 g/mol. The Hall–Kier alpha value is -0.140. The molecule has 0 aliphatic carbocycles. The summed E-state index contributed by atoms with van der Waals surface area (Å²) in [4.78, 5) is 14.7. The maximum absolute atomic E-state index is 12.3. The van der Waals surface area contributed by atoms with Crippen molar-refractivity contribution in [2.75, 3.05) is 19.6 Å². The highest BCUT2D eigenvalue weighted by atomic mass is 127. The van der Waals surface area contributed by atoms with Crippen LogP contribution in [0.2, 0.25) is 0 Å². The summed E-state index contributed by atoms with van der Waals surface area (Å²) in [5.41, 5.74) is 0.706. The van der Waals surface area contributed by atoms with Crippen LogP contribution in [0, 0.1) is 3.57 Å². The summed E-state index contributed by atoms with van der Waals surface area (Å²) in [7, 11) is 0. The first-order valence-electron chi connectivity index (χ1n) is 7.46. The van der Waals surface area contributed by atoms with Crippen LogP contribution in [0.4, 0.5) is 0 Å². The molecular weight excluding hydrogens is 443 g/mol. The maximum Gasteiger partial charge on any atom is 0.252 e. The van der Waals surface area contributed by atoms with Crippen molar-refractivity contribution in [2.24, 2.45) is 0 Å². The zero-order valence-corrected chi connectivity index (χ0v) is 16.7. The Morgan fingerprint density at radius 3 is 2.67 bits per heavy atom. The van der Waals surface area contributed by atoms with E-state index in [0.717, 1.165) is 40.5 Å². The zero-order chi connectivity index (χ0) is 15.8. The van der Waals surface area contributed by atoms with Gasteiger partial charge in [0.15, 0.2) is 0 Å². The molecule has 0 aromatic heterocycles. The van der Waals surface area contributed by atoms with Crippen LogP contribution in [-0.2, 0) is 0 Å². The van der Waals surface area contributed by atoms with Crippen LogP contribution in [0.25, 0.3) is 0 Å². The second kappa shape index (κ2) is 9.79. The number of nitrogens with zero attached hydrogens (tertiary/aromatic N) is 1. The summed E-state index contributed by atoms with van der Waals surface area (Å²) in [6.07, 6.45) is 2.11. The van der Waals surface area contributed by atoms with E-state index < -0.39 is 0 Å². The number of halogens is 2. The van der Waals surface area contributed by atoms with Crippen molar-refractivity contribution >= 4 is 44.4 Å². The van der Waals surface area contributed by atoms with E-state index in [0.29, 0.717) is 5.56 Å². The Morgan fingerprint density at radius 2 is 2.05 bits per heavy atom. The third kappa shape index (κ3) is 6.65. The predicted octanol–water partition coefficient (Wildman–Crippen LogP) is 4.29. The number of carbonyl (C=O) groups is 1. The van der Waals surface area contributed by atoms with Gasteiger partial charge >= 0.3 is 0 Å². The van der Waals surface area contributed by atoms with Gasteiger partial charge in [0, 0.05) is 14.1 Å². The van der Waals surface area contributed by atoms with Gasteiger partial charge in [-0.15, -0.1) is 0 Å². The molecule has 0 spiro atoms. The van der Waals surface area contributed by atoms with Gasteiger partial charge in [0.25, 0.3) is 5.91 Å². The number of hydrogen-bond acceptors (Lipinski definition) is 2. The van der Waals surface area contributed by atoms with Gasteiger partial charge in [-0.3, -0.25) is 4.79 Å². The largest absolute Gasteiger partial charge is 0.350 e. The van der Waals surface area contributed by atoms with Crippen molar-refractivity contribution in [1.29, 1.82) is 0 Å². The lowest BCUT2D eigenvalue weighted by Gasteiger charge is -2.20. The molecule has 1 N–H and O–H groups in total. The predicted molar refractivity (Wildman–Crippen MR) is 101 cm³/mol. The number of rotatable bonds is 8.